The first-order valence-electron chi connectivity index (χ1n) is 5.74. The Morgan fingerprint density at radius 3 is 2.58 bits per heavy atom. The molecular weight excluding hydrogens is 375 g/mol. The normalized spacial score (nSPS) is 12.3. The number of nitro benzene ring substituents is 1. The molecule has 100 valence electrons. The third-order valence-electron chi connectivity index (χ3n) is 2.93. The number of nitrogens with zero attached hydrogens (tertiary/aromatic N) is 1. The Morgan fingerprint density at radius 2 is 2.11 bits per heavy atom. The van der Waals surface area contributed by atoms with Gasteiger partial charge in [0, 0.05) is 18.2 Å². The van der Waals surface area contributed by atoms with Gasteiger partial charge in [0.05, 0.1) is 7.81 Å². The van der Waals surface area contributed by atoms with E-state index >= 15 is 0 Å². The number of thiophene rings is 1. The molecule has 0 fully saturated rings. The summed E-state index contributed by atoms with van der Waals surface area (Å²) in [6, 6.07) is 9.15. The van der Waals surface area contributed by atoms with Crippen LogP contribution in [-0.2, 0) is 6.42 Å². The van der Waals surface area contributed by atoms with E-state index in [1.54, 1.807) is 23.5 Å². The Balaban J connectivity index is 2.12. The monoisotopic (exact) mass is 388 g/mol. The standard InChI is InChI=1S/C13H13IN2O2S/c1-15-12(10-7-13(14)19-8-10)6-9-2-4-11(5-3-9)16(17)18/h2-5,7-8,12,15H,6H2,1H3. The molecule has 0 aliphatic rings. The molecule has 1 atom stereocenters. The minimum absolute atomic E-state index is 0.134. The van der Waals surface area contributed by atoms with Gasteiger partial charge in [-0.1, -0.05) is 12.1 Å². The summed E-state index contributed by atoms with van der Waals surface area (Å²) in [5, 5.41) is 16.0. The van der Waals surface area contributed by atoms with Gasteiger partial charge in [-0.2, -0.15) is 0 Å². The van der Waals surface area contributed by atoms with Crippen molar-refractivity contribution in [3.63, 3.8) is 0 Å². The van der Waals surface area contributed by atoms with Crippen molar-refractivity contribution in [3.8, 4) is 0 Å². The van der Waals surface area contributed by atoms with Crippen molar-refractivity contribution in [3.05, 3.63) is 59.8 Å². The van der Waals surface area contributed by atoms with Crippen LogP contribution >= 0.6 is 33.9 Å². The van der Waals surface area contributed by atoms with Gasteiger partial charge in [-0.25, -0.2) is 0 Å². The highest BCUT2D eigenvalue weighted by molar-refractivity contribution is 14.1. The second-order valence-corrected chi connectivity index (χ2v) is 6.96. The van der Waals surface area contributed by atoms with Crippen LogP contribution in [0.4, 0.5) is 5.69 Å². The third kappa shape index (κ3) is 3.74. The fourth-order valence-electron chi connectivity index (χ4n) is 1.88. The van der Waals surface area contributed by atoms with Crippen molar-refractivity contribution < 1.29 is 4.92 Å². The molecule has 1 aromatic carbocycles. The molecule has 0 saturated carbocycles. The summed E-state index contributed by atoms with van der Waals surface area (Å²) >= 11 is 4.03. The van der Waals surface area contributed by atoms with Crippen molar-refractivity contribution in [2.45, 2.75) is 12.5 Å². The van der Waals surface area contributed by atoms with E-state index < -0.39 is 0 Å². The fraction of sp³-hybridized carbons (Fsp3) is 0.231. The molecule has 0 aliphatic heterocycles. The number of halogens is 1. The van der Waals surface area contributed by atoms with Crippen LogP contribution in [0.5, 0.6) is 0 Å². The summed E-state index contributed by atoms with van der Waals surface area (Å²) < 4.78 is 1.26. The largest absolute Gasteiger partial charge is 0.313 e. The van der Waals surface area contributed by atoms with E-state index in [4.69, 9.17) is 0 Å². The Hall–Kier alpha value is -0.990. The number of rotatable bonds is 5. The first-order valence-corrected chi connectivity index (χ1v) is 7.70. The second-order valence-electron chi connectivity index (χ2n) is 4.15. The Bertz CT molecular complexity index is 568. The Labute approximate surface area is 129 Å². The van der Waals surface area contributed by atoms with Gasteiger partial charge in [0.15, 0.2) is 0 Å². The number of likely N-dealkylation sites (N-methyl/N-ethyl adjacent to an activating group) is 1. The maximum Gasteiger partial charge on any atom is 0.269 e. The van der Waals surface area contributed by atoms with Gasteiger partial charge in [-0.15, -0.1) is 11.3 Å². The number of hydrogen-bond acceptors (Lipinski definition) is 4. The lowest BCUT2D eigenvalue weighted by Crippen LogP contribution is -2.18. The highest BCUT2D eigenvalue weighted by atomic mass is 127. The molecule has 0 amide bonds. The lowest BCUT2D eigenvalue weighted by molar-refractivity contribution is -0.384. The van der Waals surface area contributed by atoms with Crippen molar-refractivity contribution in [1.82, 2.24) is 5.32 Å². The minimum atomic E-state index is -0.374. The van der Waals surface area contributed by atoms with Gasteiger partial charge in [0.1, 0.15) is 0 Å². The third-order valence-corrected chi connectivity index (χ3v) is 4.73. The molecule has 4 nitrogen and oxygen atoms in total. The lowest BCUT2D eigenvalue weighted by atomic mass is 10.0. The van der Waals surface area contributed by atoms with Crippen LogP contribution < -0.4 is 5.32 Å². The van der Waals surface area contributed by atoms with Crippen LogP contribution in [0.15, 0.2) is 35.7 Å². The summed E-state index contributed by atoms with van der Waals surface area (Å²) in [7, 11) is 1.93. The Kier molecular flexibility index (Phi) is 4.89. The average molecular weight is 388 g/mol. The number of nitro groups is 1. The highest BCUT2D eigenvalue weighted by Crippen LogP contribution is 2.25. The van der Waals surface area contributed by atoms with Crippen molar-refractivity contribution >= 4 is 39.6 Å². The second kappa shape index (κ2) is 6.44. The molecule has 0 aliphatic carbocycles. The quantitative estimate of drug-likeness (QED) is 0.482. The molecule has 0 spiro atoms. The van der Waals surface area contributed by atoms with Crippen molar-refractivity contribution in [2.75, 3.05) is 7.05 Å². The lowest BCUT2D eigenvalue weighted by Gasteiger charge is -2.14. The van der Waals surface area contributed by atoms with E-state index in [1.807, 2.05) is 19.2 Å². The van der Waals surface area contributed by atoms with Gasteiger partial charge in [-0.3, -0.25) is 10.1 Å². The van der Waals surface area contributed by atoms with E-state index in [0.29, 0.717) is 0 Å². The summed E-state index contributed by atoms with van der Waals surface area (Å²) in [4.78, 5) is 10.2. The number of hydrogen-bond donors (Lipinski definition) is 1. The van der Waals surface area contributed by atoms with Gasteiger partial charge in [-0.05, 0) is 58.6 Å². The molecule has 19 heavy (non-hydrogen) atoms. The van der Waals surface area contributed by atoms with Crippen LogP contribution in [-0.4, -0.2) is 12.0 Å². The van der Waals surface area contributed by atoms with Crippen molar-refractivity contribution in [2.24, 2.45) is 0 Å². The van der Waals surface area contributed by atoms with Gasteiger partial charge < -0.3 is 5.32 Å². The van der Waals surface area contributed by atoms with Crippen LogP contribution in [0.25, 0.3) is 0 Å². The van der Waals surface area contributed by atoms with Gasteiger partial charge in [0.25, 0.3) is 5.69 Å². The number of nitrogens with one attached hydrogen (secondary N) is 1. The molecule has 1 N–H and O–H groups in total. The molecule has 1 aromatic heterocycles. The predicted molar refractivity (Wildman–Crippen MR) is 85.6 cm³/mol. The summed E-state index contributed by atoms with van der Waals surface area (Å²) in [6.45, 7) is 0. The topological polar surface area (TPSA) is 55.2 Å². The minimum Gasteiger partial charge on any atom is -0.313 e. The summed E-state index contributed by atoms with van der Waals surface area (Å²) in [6.07, 6.45) is 0.821. The molecule has 1 heterocycles. The van der Waals surface area contributed by atoms with E-state index in [1.165, 1.54) is 8.45 Å². The smallest absolute Gasteiger partial charge is 0.269 e. The SMILES string of the molecule is CNC(Cc1ccc([N+](=O)[O-])cc1)c1csc(I)c1. The molecular formula is C13H13IN2O2S. The maximum atomic E-state index is 10.6. The predicted octanol–water partition coefficient (Wildman–Crippen LogP) is 3.76. The van der Waals surface area contributed by atoms with E-state index in [2.05, 4.69) is 39.4 Å². The Morgan fingerprint density at radius 1 is 1.42 bits per heavy atom. The van der Waals surface area contributed by atoms with Gasteiger partial charge >= 0.3 is 0 Å². The molecule has 1 unspecified atom stereocenters. The molecule has 6 heteroatoms. The van der Waals surface area contributed by atoms with Crippen LogP contribution in [0.1, 0.15) is 17.2 Å². The first kappa shape index (κ1) is 14.4. The van der Waals surface area contributed by atoms with Crippen molar-refractivity contribution in [1.29, 1.82) is 0 Å². The summed E-state index contributed by atoms with van der Waals surface area (Å²) in [5.74, 6) is 0. The number of non-ortho nitro benzene ring substituents is 1. The van der Waals surface area contributed by atoms with E-state index in [9.17, 15) is 10.1 Å². The highest BCUT2D eigenvalue weighted by Gasteiger charge is 2.12. The molecule has 0 radical (unpaired) electrons. The van der Waals surface area contributed by atoms with E-state index in [0.717, 1.165) is 12.0 Å². The molecule has 0 bridgehead atoms. The first-order chi connectivity index (χ1) is 9.10. The number of benzene rings is 1. The van der Waals surface area contributed by atoms with E-state index in [-0.39, 0.29) is 16.7 Å². The fourth-order valence-corrected chi connectivity index (χ4v) is 3.31. The zero-order valence-corrected chi connectivity index (χ0v) is 13.3. The van der Waals surface area contributed by atoms with Crippen LogP contribution in [0.3, 0.4) is 0 Å². The molecule has 2 aromatic rings. The zero-order chi connectivity index (χ0) is 13.8. The molecule has 2 rings (SSSR count). The summed E-state index contributed by atoms with van der Waals surface area (Å²) in [5.41, 5.74) is 2.48. The maximum absolute atomic E-state index is 10.6. The zero-order valence-electron chi connectivity index (χ0n) is 10.3. The average Bonchev–Trinajstić information content (AvgIpc) is 2.83. The van der Waals surface area contributed by atoms with Crippen LogP contribution in [0, 0.1) is 13.0 Å². The van der Waals surface area contributed by atoms with Gasteiger partial charge in [0.2, 0.25) is 0 Å². The molecule has 0 saturated heterocycles. The van der Waals surface area contributed by atoms with Crippen LogP contribution in [0.2, 0.25) is 0 Å².